The summed E-state index contributed by atoms with van der Waals surface area (Å²) in [6.07, 6.45) is 4.23. The van der Waals surface area contributed by atoms with Crippen molar-refractivity contribution in [2.24, 2.45) is 22.7 Å². The first-order valence-corrected chi connectivity index (χ1v) is 10.5. The molecule has 1 unspecified atom stereocenters. The summed E-state index contributed by atoms with van der Waals surface area (Å²) < 4.78 is 7.02. The van der Waals surface area contributed by atoms with Crippen LogP contribution in [-0.2, 0) is 0 Å². The summed E-state index contributed by atoms with van der Waals surface area (Å²) in [4.78, 5) is 0. The van der Waals surface area contributed by atoms with E-state index >= 15 is 0 Å². The minimum Gasteiger partial charge on any atom is -0.494 e. The topological polar surface area (TPSA) is 49.7 Å². The van der Waals surface area contributed by atoms with Crippen LogP contribution in [0.5, 0.6) is 5.75 Å². The maximum Gasteiger partial charge on any atom is 0.119 e. The van der Waals surface area contributed by atoms with Gasteiger partial charge in [-0.15, -0.1) is 0 Å². The van der Waals surface area contributed by atoms with E-state index in [1.54, 1.807) is 0 Å². The highest BCUT2D eigenvalue weighted by molar-refractivity contribution is 9.10. The first kappa shape index (κ1) is 19.9. The molecule has 26 heavy (non-hydrogen) atoms. The summed E-state index contributed by atoms with van der Waals surface area (Å²) in [5.74, 6) is 1.57. The first-order chi connectivity index (χ1) is 12.3. The van der Waals surface area contributed by atoms with Gasteiger partial charge in [-0.25, -0.2) is 0 Å². The second-order valence-corrected chi connectivity index (χ2v) is 9.53. The molecule has 0 amide bonds. The molecule has 0 aromatic heterocycles. The van der Waals surface area contributed by atoms with Crippen LogP contribution in [0.2, 0.25) is 0 Å². The molecular formula is C22H31BrO3. The minimum atomic E-state index is -0.420. The van der Waals surface area contributed by atoms with E-state index in [9.17, 15) is 10.2 Å². The maximum atomic E-state index is 10.6. The second kappa shape index (κ2) is 7.65. The molecular weight excluding hydrogens is 392 g/mol. The van der Waals surface area contributed by atoms with Gasteiger partial charge in [0.05, 0.1) is 19.3 Å². The van der Waals surface area contributed by atoms with Gasteiger partial charge in [-0.1, -0.05) is 41.9 Å². The number of ether oxygens (including phenoxy) is 1. The van der Waals surface area contributed by atoms with Crippen LogP contribution in [0.15, 0.2) is 40.9 Å². The largest absolute Gasteiger partial charge is 0.494 e. The fourth-order valence-corrected chi connectivity index (χ4v) is 5.82. The van der Waals surface area contributed by atoms with Gasteiger partial charge < -0.3 is 14.9 Å². The normalized spacial score (nSPS) is 37.3. The molecule has 0 bridgehead atoms. The quantitative estimate of drug-likeness (QED) is 0.659. The van der Waals surface area contributed by atoms with E-state index < -0.39 is 11.5 Å². The smallest absolute Gasteiger partial charge is 0.119 e. The third-order valence-electron chi connectivity index (χ3n) is 7.18. The SMILES string of the molecule is C=C1CCC2[C@](C)(CO)[C@H](O)CC[C@@]2(C)[C@@H]1CCOc1ccc(Br)cc1. The third kappa shape index (κ3) is 3.48. The van der Waals surface area contributed by atoms with Crippen LogP contribution < -0.4 is 4.74 Å². The average Bonchev–Trinajstić information content (AvgIpc) is 2.62. The number of halogens is 1. The van der Waals surface area contributed by atoms with E-state index in [4.69, 9.17) is 4.74 Å². The molecule has 5 atom stereocenters. The summed E-state index contributed by atoms with van der Waals surface area (Å²) in [6.45, 7) is 9.48. The molecule has 2 saturated carbocycles. The van der Waals surface area contributed by atoms with E-state index in [1.165, 1.54) is 5.57 Å². The highest BCUT2D eigenvalue weighted by atomic mass is 79.9. The highest BCUT2D eigenvalue weighted by Gasteiger charge is 2.57. The van der Waals surface area contributed by atoms with Gasteiger partial charge in [0.2, 0.25) is 0 Å². The zero-order chi connectivity index (χ0) is 18.9. The first-order valence-electron chi connectivity index (χ1n) is 9.66. The van der Waals surface area contributed by atoms with Crippen molar-refractivity contribution in [3.63, 3.8) is 0 Å². The molecule has 0 heterocycles. The van der Waals surface area contributed by atoms with Crippen molar-refractivity contribution < 1.29 is 14.9 Å². The molecule has 3 rings (SSSR count). The summed E-state index contributed by atoms with van der Waals surface area (Å²) in [7, 11) is 0. The Morgan fingerprint density at radius 1 is 1.23 bits per heavy atom. The lowest BCUT2D eigenvalue weighted by atomic mass is 9.46. The summed E-state index contributed by atoms with van der Waals surface area (Å²) in [5, 5.41) is 20.6. The van der Waals surface area contributed by atoms with Gasteiger partial charge in [0.25, 0.3) is 0 Å². The number of rotatable bonds is 5. The fourth-order valence-electron chi connectivity index (χ4n) is 5.56. The van der Waals surface area contributed by atoms with Crippen molar-refractivity contribution in [3.8, 4) is 5.75 Å². The van der Waals surface area contributed by atoms with Crippen molar-refractivity contribution in [2.75, 3.05) is 13.2 Å². The molecule has 2 aliphatic carbocycles. The number of benzene rings is 1. The zero-order valence-corrected chi connectivity index (χ0v) is 17.5. The predicted octanol–water partition coefficient (Wildman–Crippen LogP) is 4.96. The van der Waals surface area contributed by atoms with Gasteiger partial charge in [-0.3, -0.25) is 0 Å². The molecule has 0 spiro atoms. The van der Waals surface area contributed by atoms with Crippen LogP contribution in [0.25, 0.3) is 0 Å². The van der Waals surface area contributed by atoms with Gasteiger partial charge in [0, 0.05) is 9.89 Å². The Morgan fingerprint density at radius 2 is 1.92 bits per heavy atom. The van der Waals surface area contributed by atoms with Crippen molar-refractivity contribution in [2.45, 2.75) is 52.1 Å². The standard InChI is InChI=1S/C22H31BrO3/c1-15-4-9-19-21(2,12-10-20(25)22(19,3)14-24)18(15)11-13-26-17-7-5-16(23)6-8-17/h5-8,18-20,24-25H,1,4,9-14H2,2-3H3/t18-,19?,20-,21+,22+/m1/s1. The van der Waals surface area contributed by atoms with Crippen molar-refractivity contribution >= 4 is 15.9 Å². The van der Waals surface area contributed by atoms with E-state index in [0.717, 1.165) is 42.3 Å². The van der Waals surface area contributed by atoms with Gasteiger partial charge in [-0.05, 0) is 73.6 Å². The van der Waals surface area contributed by atoms with Crippen LogP contribution in [0, 0.1) is 22.7 Å². The lowest BCUT2D eigenvalue weighted by molar-refractivity contribution is -0.152. The van der Waals surface area contributed by atoms with Gasteiger partial charge in [0.15, 0.2) is 0 Å². The average molecular weight is 423 g/mol. The number of aliphatic hydroxyl groups is 2. The number of hydrogen-bond acceptors (Lipinski definition) is 3. The summed E-state index contributed by atoms with van der Waals surface area (Å²) in [5.41, 5.74) is 0.952. The van der Waals surface area contributed by atoms with Gasteiger partial charge in [-0.2, -0.15) is 0 Å². The van der Waals surface area contributed by atoms with Crippen molar-refractivity contribution in [1.82, 2.24) is 0 Å². The molecule has 1 aromatic rings. The van der Waals surface area contributed by atoms with Crippen molar-refractivity contribution in [1.29, 1.82) is 0 Å². The van der Waals surface area contributed by atoms with Gasteiger partial charge in [0.1, 0.15) is 5.75 Å². The zero-order valence-electron chi connectivity index (χ0n) is 15.9. The number of allylic oxidation sites excluding steroid dienone is 1. The Bertz CT molecular complexity index is 643. The molecule has 3 nitrogen and oxygen atoms in total. The Hall–Kier alpha value is -0.840. The fraction of sp³-hybridized carbons (Fsp3) is 0.636. The third-order valence-corrected chi connectivity index (χ3v) is 7.71. The van der Waals surface area contributed by atoms with E-state index in [1.807, 2.05) is 24.3 Å². The molecule has 2 N–H and O–H groups in total. The summed E-state index contributed by atoms with van der Waals surface area (Å²) in [6, 6.07) is 7.93. The Kier molecular flexibility index (Phi) is 5.86. The number of aliphatic hydroxyl groups excluding tert-OH is 2. The molecule has 144 valence electrons. The van der Waals surface area contributed by atoms with Crippen LogP contribution in [-0.4, -0.2) is 29.5 Å². The van der Waals surface area contributed by atoms with Crippen LogP contribution in [0.3, 0.4) is 0 Å². The number of fused-ring (bicyclic) bond motifs is 1. The van der Waals surface area contributed by atoms with E-state index in [2.05, 4.69) is 36.4 Å². The number of hydrogen-bond donors (Lipinski definition) is 2. The lowest BCUT2D eigenvalue weighted by Crippen LogP contribution is -2.57. The second-order valence-electron chi connectivity index (χ2n) is 8.62. The summed E-state index contributed by atoms with van der Waals surface area (Å²) >= 11 is 3.44. The van der Waals surface area contributed by atoms with E-state index in [-0.39, 0.29) is 12.0 Å². The van der Waals surface area contributed by atoms with Crippen LogP contribution >= 0.6 is 15.9 Å². The highest BCUT2D eigenvalue weighted by Crippen LogP contribution is 2.61. The lowest BCUT2D eigenvalue weighted by Gasteiger charge is -2.60. The van der Waals surface area contributed by atoms with E-state index in [0.29, 0.717) is 18.4 Å². The molecule has 1 aromatic carbocycles. The molecule has 0 saturated heterocycles. The van der Waals surface area contributed by atoms with Crippen LogP contribution in [0.4, 0.5) is 0 Å². The Balaban J connectivity index is 1.73. The Morgan fingerprint density at radius 3 is 2.58 bits per heavy atom. The van der Waals surface area contributed by atoms with Crippen LogP contribution in [0.1, 0.15) is 46.0 Å². The Labute approximate surface area is 165 Å². The molecule has 0 aliphatic heterocycles. The molecule has 2 aliphatic rings. The monoisotopic (exact) mass is 422 g/mol. The molecule has 0 radical (unpaired) electrons. The maximum absolute atomic E-state index is 10.6. The van der Waals surface area contributed by atoms with Gasteiger partial charge >= 0.3 is 0 Å². The molecule has 2 fully saturated rings. The minimum absolute atomic E-state index is 0.0447. The van der Waals surface area contributed by atoms with Crippen molar-refractivity contribution in [3.05, 3.63) is 40.9 Å². The molecule has 4 heteroatoms. The predicted molar refractivity (Wildman–Crippen MR) is 108 cm³/mol.